The van der Waals surface area contributed by atoms with Gasteiger partial charge in [-0.25, -0.2) is 0 Å². The van der Waals surface area contributed by atoms with Crippen molar-refractivity contribution in [1.82, 2.24) is 10.6 Å². The van der Waals surface area contributed by atoms with Crippen LogP contribution >= 0.6 is 11.3 Å². The molecule has 1 fully saturated rings. The van der Waals surface area contributed by atoms with Crippen LogP contribution in [0.2, 0.25) is 0 Å². The van der Waals surface area contributed by atoms with Crippen molar-refractivity contribution in [1.29, 1.82) is 0 Å². The quantitative estimate of drug-likeness (QED) is 0.563. The van der Waals surface area contributed by atoms with Gasteiger partial charge in [0.05, 0.1) is 13.2 Å². The SMILES string of the molecule is CCOc1ccc(C2(CNC(=NC)NCc3cccs3)CCOCC2)cc1. The molecule has 2 N–H and O–H groups in total. The Morgan fingerprint density at radius 1 is 1.19 bits per heavy atom. The standard InChI is InChI=1S/C21H29N3O2S/c1-3-26-18-8-6-17(7-9-18)21(10-12-25-13-11-21)16-24-20(22-2)23-15-19-5-4-14-27-19/h4-9,14H,3,10-13,15-16H2,1-2H3,(H2,22,23,24). The van der Waals surface area contributed by atoms with Gasteiger partial charge in [0.25, 0.3) is 0 Å². The van der Waals surface area contributed by atoms with Crippen molar-refractivity contribution >= 4 is 17.3 Å². The number of ether oxygens (including phenoxy) is 2. The van der Waals surface area contributed by atoms with Gasteiger partial charge in [-0.1, -0.05) is 18.2 Å². The summed E-state index contributed by atoms with van der Waals surface area (Å²) >= 11 is 1.75. The molecular formula is C21H29N3O2S. The number of nitrogens with one attached hydrogen (secondary N) is 2. The highest BCUT2D eigenvalue weighted by molar-refractivity contribution is 7.09. The fraction of sp³-hybridized carbons (Fsp3) is 0.476. The van der Waals surface area contributed by atoms with Gasteiger partial charge in [0.2, 0.25) is 0 Å². The average molecular weight is 388 g/mol. The third-order valence-corrected chi connectivity index (χ3v) is 5.93. The summed E-state index contributed by atoms with van der Waals surface area (Å²) in [5.74, 6) is 1.75. The molecule has 146 valence electrons. The number of rotatable bonds is 7. The first-order valence-corrected chi connectivity index (χ1v) is 10.4. The van der Waals surface area contributed by atoms with Crippen molar-refractivity contribution in [2.75, 3.05) is 33.4 Å². The van der Waals surface area contributed by atoms with Crippen LogP contribution in [0, 0.1) is 0 Å². The number of guanidine groups is 1. The zero-order valence-electron chi connectivity index (χ0n) is 16.2. The summed E-state index contributed by atoms with van der Waals surface area (Å²) in [5.41, 5.74) is 1.37. The van der Waals surface area contributed by atoms with E-state index in [1.165, 1.54) is 10.4 Å². The normalized spacial score (nSPS) is 16.7. The molecule has 2 heterocycles. The largest absolute Gasteiger partial charge is 0.494 e. The Morgan fingerprint density at radius 3 is 2.59 bits per heavy atom. The summed E-state index contributed by atoms with van der Waals surface area (Å²) < 4.78 is 11.2. The summed E-state index contributed by atoms with van der Waals surface area (Å²) in [7, 11) is 1.82. The van der Waals surface area contributed by atoms with Gasteiger partial charge < -0.3 is 20.1 Å². The van der Waals surface area contributed by atoms with Crippen LogP contribution in [0.25, 0.3) is 0 Å². The molecule has 1 aliphatic heterocycles. The molecular weight excluding hydrogens is 358 g/mol. The first-order valence-electron chi connectivity index (χ1n) is 9.54. The van der Waals surface area contributed by atoms with Crippen LogP contribution < -0.4 is 15.4 Å². The lowest BCUT2D eigenvalue weighted by Gasteiger charge is -2.38. The van der Waals surface area contributed by atoms with E-state index in [2.05, 4.69) is 57.4 Å². The van der Waals surface area contributed by atoms with E-state index in [0.29, 0.717) is 6.61 Å². The predicted molar refractivity (Wildman–Crippen MR) is 112 cm³/mol. The Kier molecular flexibility index (Phi) is 7.12. The van der Waals surface area contributed by atoms with Crippen LogP contribution in [0.3, 0.4) is 0 Å². The fourth-order valence-electron chi connectivity index (χ4n) is 3.46. The minimum atomic E-state index is 0.0452. The number of aliphatic imine (C=N–C) groups is 1. The number of hydrogen-bond donors (Lipinski definition) is 2. The van der Waals surface area contributed by atoms with Crippen molar-refractivity contribution in [2.45, 2.75) is 31.7 Å². The van der Waals surface area contributed by atoms with Crippen molar-refractivity contribution in [3.05, 3.63) is 52.2 Å². The highest BCUT2D eigenvalue weighted by Crippen LogP contribution is 2.35. The third kappa shape index (κ3) is 5.23. The Hall–Kier alpha value is -2.05. The van der Waals surface area contributed by atoms with Gasteiger partial charge in [-0.05, 0) is 48.9 Å². The Balaban J connectivity index is 1.66. The maximum absolute atomic E-state index is 5.64. The molecule has 6 heteroatoms. The van der Waals surface area contributed by atoms with Crippen LogP contribution in [0.1, 0.15) is 30.2 Å². The van der Waals surface area contributed by atoms with Gasteiger partial charge in [0.1, 0.15) is 5.75 Å². The van der Waals surface area contributed by atoms with Gasteiger partial charge in [0.15, 0.2) is 5.96 Å². The van der Waals surface area contributed by atoms with Crippen LogP contribution in [-0.2, 0) is 16.7 Å². The molecule has 0 radical (unpaired) electrons. The lowest BCUT2D eigenvalue weighted by molar-refractivity contribution is 0.0513. The van der Waals surface area contributed by atoms with E-state index in [0.717, 1.165) is 50.9 Å². The molecule has 2 aromatic rings. The molecule has 0 bridgehead atoms. The number of nitrogens with zero attached hydrogens (tertiary/aromatic N) is 1. The number of benzene rings is 1. The Bertz CT molecular complexity index is 708. The van der Waals surface area contributed by atoms with Crippen LogP contribution in [0.15, 0.2) is 46.8 Å². The monoisotopic (exact) mass is 387 g/mol. The highest BCUT2D eigenvalue weighted by atomic mass is 32.1. The molecule has 1 aliphatic rings. The summed E-state index contributed by atoms with van der Waals surface area (Å²) in [6, 6.07) is 12.7. The Labute approximate surface area is 165 Å². The second-order valence-corrected chi connectivity index (χ2v) is 7.74. The van der Waals surface area contributed by atoms with Gasteiger partial charge in [0, 0.05) is 37.1 Å². The molecule has 3 rings (SSSR count). The molecule has 1 saturated heterocycles. The van der Waals surface area contributed by atoms with E-state index >= 15 is 0 Å². The van der Waals surface area contributed by atoms with E-state index in [1.807, 2.05) is 14.0 Å². The van der Waals surface area contributed by atoms with Crippen LogP contribution in [0.4, 0.5) is 0 Å². The fourth-order valence-corrected chi connectivity index (χ4v) is 4.10. The van der Waals surface area contributed by atoms with Gasteiger partial charge in [-0.3, -0.25) is 4.99 Å². The summed E-state index contributed by atoms with van der Waals surface area (Å²) in [5, 5.41) is 9.03. The molecule has 0 unspecified atom stereocenters. The van der Waals surface area contributed by atoms with Gasteiger partial charge in [-0.2, -0.15) is 0 Å². The van der Waals surface area contributed by atoms with Crippen molar-refractivity contribution in [2.24, 2.45) is 4.99 Å². The van der Waals surface area contributed by atoms with Crippen LogP contribution in [-0.4, -0.2) is 39.4 Å². The topological polar surface area (TPSA) is 54.9 Å². The summed E-state index contributed by atoms with van der Waals surface area (Å²) in [4.78, 5) is 5.68. The van der Waals surface area contributed by atoms with E-state index in [4.69, 9.17) is 9.47 Å². The smallest absolute Gasteiger partial charge is 0.191 e. The van der Waals surface area contributed by atoms with E-state index < -0.39 is 0 Å². The molecule has 0 aliphatic carbocycles. The van der Waals surface area contributed by atoms with Crippen molar-refractivity contribution < 1.29 is 9.47 Å². The first-order chi connectivity index (χ1) is 13.3. The summed E-state index contributed by atoms with van der Waals surface area (Å²) in [6.45, 7) is 5.88. The molecule has 1 aromatic carbocycles. The molecule has 0 amide bonds. The Morgan fingerprint density at radius 2 is 1.96 bits per heavy atom. The minimum Gasteiger partial charge on any atom is -0.494 e. The lowest BCUT2D eigenvalue weighted by atomic mass is 9.74. The van der Waals surface area contributed by atoms with E-state index in [-0.39, 0.29) is 5.41 Å². The predicted octanol–water partition coefficient (Wildman–Crippen LogP) is 3.56. The highest BCUT2D eigenvalue weighted by Gasteiger charge is 2.34. The van der Waals surface area contributed by atoms with Gasteiger partial charge in [-0.15, -0.1) is 11.3 Å². The number of hydrogen-bond acceptors (Lipinski definition) is 4. The summed E-state index contributed by atoms with van der Waals surface area (Å²) in [6.07, 6.45) is 1.99. The minimum absolute atomic E-state index is 0.0452. The maximum Gasteiger partial charge on any atom is 0.191 e. The maximum atomic E-state index is 5.64. The molecule has 0 saturated carbocycles. The van der Waals surface area contributed by atoms with Crippen molar-refractivity contribution in [3.8, 4) is 5.75 Å². The third-order valence-electron chi connectivity index (χ3n) is 5.06. The lowest BCUT2D eigenvalue weighted by Crippen LogP contribution is -2.47. The van der Waals surface area contributed by atoms with E-state index in [1.54, 1.807) is 11.3 Å². The van der Waals surface area contributed by atoms with Gasteiger partial charge >= 0.3 is 0 Å². The molecule has 0 atom stereocenters. The average Bonchev–Trinajstić information content (AvgIpc) is 3.23. The zero-order valence-corrected chi connectivity index (χ0v) is 17.0. The second kappa shape index (κ2) is 9.76. The first kappa shape index (κ1) is 19.7. The van der Waals surface area contributed by atoms with E-state index in [9.17, 15) is 0 Å². The van der Waals surface area contributed by atoms with Crippen molar-refractivity contribution in [3.63, 3.8) is 0 Å². The second-order valence-electron chi connectivity index (χ2n) is 6.71. The number of thiophene rings is 1. The molecule has 5 nitrogen and oxygen atoms in total. The molecule has 1 aromatic heterocycles. The van der Waals surface area contributed by atoms with Crippen LogP contribution in [0.5, 0.6) is 5.75 Å². The zero-order chi connectivity index (χ0) is 19.0. The molecule has 0 spiro atoms. The molecule has 27 heavy (non-hydrogen) atoms.